The van der Waals surface area contributed by atoms with Gasteiger partial charge in [-0.2, -0.15) is 0 Å². The standard InChI is InChI=1S/C22H23N5O3/c1-13-11-27(9-8-23-13)12-16-18(29-2)6-5-15-20(28)19(30-21(15)16)10-17-14-4-3-7-24-22(14)26-25-17/h3-7,10,13,23,28H,8-9,11-12H2,1-2H3/b17-10-/t13-/m0/s1. The van der Waals surface area contributed by atoms with Crippen LogP contribution in [0.15, 0.2) is 45.1 Å². The van der Waals surface area contributed by atoms with E-state index in [-0.39, 0.29) is 5.75 Å². The van der Waals surface area contributed by atoms with Crippen LogP contribution in [-0.4, -0.2) is 47.8 Å². The maximum Gasteiger partial charge on any atom is 0.183 e. The van der Waals surface area contributed by atoms with Crippen molar-refractivity contribution < 1.29 is 14.3 Å². The molecule has 0 unspecified atom stereocenters. The monoisotopic (exact) mass is 405 g/mol. The zero-order valence-electron chi connectivity index (χ0n) is 16.9. The second-order valence-electron chi connectivity index (χ2n) is 7.63. The molecule has 2 aliphatic heterocycles. The van der Waals surface area contributed by atoms with Crippen molar-refractivity contribution in [2.24, 2.45) is 10.2 Å². The second kappa shape index (κ2) is 7.55. The molecule has 1 saturated heterocycles. The summed E-state index contributed by atoms with van der Waals surface area (Å²) in [6.07, 6.45) is 3.38. The Morgan fingerprint density at radius 3 is 3.07 bits per heavy atom. The molecule has 30 heavy (non-hydrogen) atoms. The normalized spacial score (nSPS) is 20.2. The van der Waals surface area contributed by atoms with Crippen molar-refractivity contribution >= 4 is 28.6 Å². The molecule has 0 spiro atoms. The molecule has 0 radical (unpaired) electrons. The van der Waals surface area contributed by atoms with E-state index in [4.69, 9.17) is 9.15 Å². The van der Waals surface area contributed by atoms with E-state index in [1.165, 1.54) is 0 Å². The fraction of sp³-hybridized carbons (Fsp3) is 0.318. The predicted molar refractivity (Wildman–Crippen MR) is 114 cm³/mol. The van der Waals surface area contributed by atoms with Gasteiger partial charge in [-0.1, -0.05) is 0 Å². The number of nitrogens with one attached hydrogen (secondary N) is 1. The van der Waals surface area contributed by atoms with Crippen molar-refractivity contribution in [3.05, 3.63) is 47.3 Å². The highest BCUT2D eigenvalue weighted by Gasteiger charge is 2.24. The number of fused-ring (bicyclic) bond motifs is 2. The molecule has 154 valence electrons. The number of rotatable bonds is 4. The molecule has 0 aliphatic carbocycles. The van der Waals surface area contributed by atoms with Crippen LogP contribution in [0.3, 0.4) is 0 Å². The van der Waals surface area contributed by atoms with Crippen LogP contribution >= 0.6 is 0 Å². The number of hydrogen-bond donors (Lipinski definition) is 2. The van der Waals surface area contributed by atoms with Gasteiger partial charge < -0.3 is 19.6 Å². The number of aromatic nitrogens is 1. The SMILES string of the molecule is COc1ccc2c(O)c(/C=C3\N=Nc4ncccc43)oc2c1CN1CCN[C@@H](C)C1. The average molecular weight is 405 g/mol. The van der Waals surface area contributed by atoms with Crippen molar-refractivity contribution in [3.8, 4) is 11.5 Å². The molecule has 4 heterocycles. The summed E-state index contributed by atoms with van der Waals surface area (Å²) >= 11 is 0. The zero-order chi connectivity index (χ0) is 20.7. The minimum Gasteiger partial charge on any atom is -0.504 e. The fourth-order valence-corrected chi connectivity index (χ4v) is 4.08. The van der Waals surface area contributed by atoms with Gasteiger partial charge in [-0.15, -0.1) is 10.2 Å². The van der Waals surface area contributed by atoms with Crippen LogP contribution in [0.2, 0.25) is 0 Å². The number of aromatic hydroxyl groups is 1. The molecule has 8 heteroatoms. The maximum absolute atomic E-state index is 10.8. The lowest BCUT2D eigenvalue weighted by atomic mass is 10.1. The van der Waals surface area contributed by atoms with Gasteiger partial charge in [0.2, 0.25) is 0 Å². The van der Waals surface area contributed by atoms with Crippen LogP contribution in [0.5, 0.6) is 11.5 Å². The van der Waals surface area contributed by atoms with E-state index < -0.39 is 0 Å². The van der Waals surface area contributed by atoms with E-state index in [1.807, 2.05) is 24.3 Å². The smallest absolute Gasteiger partial charge is 0.183 e. The summed E-state index contributed by atoms with van der Waals surface area (Å²) in [7, 11) is 1.65. The minimum absolute atomic E-state index is 0.0858. The quantitative estimate of drug-likeness (QED) is 0.683. The zero-order valence-corrected chi connectivity index (χ0v) is 16.9. The van der Waals surface area contributed by atoms with Crippen LogP contribution in [0, 0.1) is 0 Å². The summed E-state index contributed by atoms with van der Waals surface area (Å²) in [5.41, 5.74) is 2.98. The molecule has 2 N–H and O–H groups in total. The molecule has 1 atom stereocenters. The molecular formula is C22H23N5O3. The summed E-state index contributed by atoms with van der Waals surface area (Å²) in [6.45, 7) is 5.68. The first kappa shape index (κ1) is 18.8. The summed E-state index contributed by atoms with van der Waals surface area (Å²) in [5.74, 6) is 1.74. The minimum atomic E-state index is 0.0858. The molecule has 5 rings (SSSR count). The Hall–Kier alpha value is -3.23. The molecule has 8 nitrogen and oxygen atoms in total. The summed E-state index contributed by atoms with van der Waals surface area (Å²) in [4.78, 5) is 6.57. The molecule has 2 aliphatic rings. The van der Waals surface area contributed by atoms with E-state index in [0.29, 0.717) is 40.8 Å². The Bertz CT molecular complexity index is 1170. The summed E-state index contributed by atoms with van der Waals surface area (Å²) < 4.78 is 11.8. The first-order chi connectivity index (χ1) is 14.6. The number of ether oxygens (including phenoxy) is 1. The fourth-order valence-electron chi connectivity index (χ4n) is 4.08. The number of nitrogens with zero attached hydrogens (tertiary/aromatic N) is 4. The highest BCUT2D eigenvalue weighted by molar-refractivity contribution is 5.94. The Morgan fingerprint density at radius 2 is 2.23 bits per heavy atom. The first-order valence-corrected chi connectivity index (χ1v) is 10.00. The van der Waals surface area contributed by atoms with Crippen LogP contribution < -0.4 is 10.1 Å². The van der Waals surface area contributed by atoms with Crippen LogP contribution in [0.1, 0.15) is 23.8 Å². The van der Waals surface area contributed by atoms with Crippen molar-refractivity contribution in [3.63, 3.8) is 0 Å². The van der Waals surface area contributed by atoms with Gasteiger partial charge in [-0.05, 0) is 31.2 Å². The highest BCUT2D eigenvalue weighted by Crippen LogP contribution is 2.41. The van der Waals surface area contributed by atoms with E-state index >= 15 is 0 Å². The van der Waals surface area contributed by atoms with E-state index in [1.54, 1.807) is 19.4 Å². The average Bonchev–Trinajstić information content (AvgIpc) is 3.30. The van der Waals surface area contributed by atoms with Crippen LogP contribution in [0.25, 0.3) is 22.7 Å². The number of pyridine rings is 1. The van der Waals surface area contributed by atoms with Crippen LogP contribution in [-0.2, 0) is 6.54 Å². The van der Waals surface area contributed by atoms with E-state index in [2.05, 4.69) is 32.4 Å². The molecule has 2 aromatic heterocycles. The largest absolute Gasteiger partial charge is 0.504 e. The van der Waals surface area contributed by atoms with Crippen molar-refractivity contribution in [2.45, 2.75) is 19.5 Å². The van der Waals surface area contributed by atoms with Gasteiger partial charge in [0.15, 0.2) is 17.3 Å². The number of azo groups is 1. The molecule has 0 bridgehead atoms. The highest BCUT2D eigenvalue weighted by atomic mass is 16.5. The lowest BCUT2D eigenvalue weighted by molar-refractivity contribution is 0.197. The van der Waals surface area contributed by atoms with E-state index in [9.17, 15) is 5.11 Å². The predicted octanol–water partition coefficient (Wildman–Crippen LogP) is 3.93. The Labute approximate surface area is 173 Å². The first-order valence-electron chi connectivity index (χ1n) is 10.00. The van der Waals surface area contributed by atoms with Gasteiger partial charge in [0.05, 0.1) is 18.1 Å². The number of hydrogen-bond acceptors (Lipinski definition) is 8. The van der Waals surface area contributed by atoms with Gasteiger partial charge in [-0.3, -0.25) is 4.90 Å². The Balaban J connectivity index is 1.57. The number of methoxy groups -OCH3 is 1. The lowest BCUT2D eigenvalue weighted by Crippen LogP contribution is -2.48. The third kappa shape index (κ3) is 3.24. The van der Waals surface area contributed by atoms with E-state index in [0.717, 1.165) is 36.5 Å². The third-order valence-electron chi connectivity index (χ3n) is 5.56. The topological polar surface area (TPSA) is 95.5 Å². The van der Waals surface area contributed by atoms with Crippen LogP contribution in [0.4, 0.5) is 5.82 Å². The van der Waals surface area contributed by atoms with Gasteiger partial charge in [0.25, 0.3) is 0 Å². The molecule has 1 aromatic carbocycles. The molecule has 0 saturated carbocycles. The van der Waals surface area contributed by atoms with Crippen molar-refractivity contribution in [1.82, 2.24) is 15.2 Å². The Kier molecular flexibility index (Phi) is 4.72. The van der Waals surface area contributed by atoms with Gasteiger partial charge in [0, 0.05) is 50.1 Å². The van der Waals surface area contributed by atoms with Gasteiger partial charge in [0.1, 0.15) is 17.0 Å². The van der Waals surface area contributed by atoms with Crippen molar-refractivity contribution in [1.29, 1.82) is 0 Å². The lowest BCUT2D eigenvalue weighted by Gasteiger charge is -2.32. The molecule has 3 aromatic rings. The van der Waals surface area contributed by atoms with Crippen molar-refractivity contribution in [2.75, 3.05) is 26.7 Å². The summed E-state index contributed by atoms with van der Waals surface area (Å²) in [5, 5.41) is 23.2. The number of piperazine rings is 1. The maximum atomic E-state index is 10.8. The summed E-state index contributed by atoms with van der Waals surface area (Å²) in [6, 6.07) is 7.86. The number of benzene rings is 1. The third-order valence-corrected chi connectivity index (χ3v) is 5.56. The molecule has 1 fully saturated rings. The van der Waals surface area contributed by atoms with Gasteiger partial charge in [-0.25, -0.2) is 4.98 Å². The second-order valence-corrected chi connectivity index (χ2v) is 7.63. The number of furan rings is 1. The Morgan fingerprint density at radius 1 is 1.33 bits per heavy atom. The van der Waals surface area contributed by atoms with Gasteiger partial charge >= 0.3 is 0 Å². The molecular weight excluding hydrogens is 382 g/mol. The molecule has 0 amide bonds.